The quantitative estimate of drug-likeness (QED) is 0.660. The Labute approximate surface area is 85.4 Å². The fraction of sp³-hybridized carbons (Fsp3) is 0.462. The summed E-state index contributed by atoms with van der Waals surface area (Å²) in [6.45, 7) is 2.12. The van der Waals surface area contributed by atoms with Crippen LogP contribution in [0.4, 0.5) is 0 Å². The van der Waals surface area contributed by atoms with E-state index in [0.717, 1.165) is 0 Å². The third kappa shape index (κ3) is 1.65. The first kappa shape index (κ1) is 9.27. The lowest BCUT2D eigenvalue weighted by molar-refractivity contribution is 0.680. The maximum absolute atomic E-state index is 8.76. The minimum atomic E-state index is 0.573. The summed E-state index contributed by atoms with van der Waals surface area (Å²) in [5, 5.41) is 8.76. The second kappa shape index (κ2) is 3.84. The summed E-state index contributed by atoms with van der Waals surface area (Å²) in [5.41, 5.74) is 5.52. The highest BCUT2D eigenvalue weighted by molar-refractivity contribution is 5.41. The van der Waals surface area contributed by atoms with E-state index >= 15 is 0 Å². The predicted molar refractivity (Wildman–Crippen MR) is 57.1 cm³/mol. The fourth-order valence-corrected chi connectivity index (χ4v) is 2.38. The smallest absolute Gasteiger partial charge is 0.0669 e. The van der Waals surface area contributed by atoms with Crippen LogP contribution in [0.1, 0.15) is 35.1 Å². The van der Waals surface area contributed by atoms with E-state index in [1.165, 1.54) is 47.9 Å². The second-order valence-electron chi connectivity index (χ2n) is 4.10. The van der Waals surface area contributed by atoms with Gasteiger partial charge in [-0.15, -0.1) is 0 Å². The topological polar surface area (TPSA) is 23.8 Å². The van der Waals surface area contributed by atoms with E-state index in [2.05, 4.69) is 25.1 Å². The largest absolute Gasteiger partial charge is 0.198 e. The van der Waals surface area contributed by atoms with Crippen LogP contribution in [0.15, 0.2) is 12.1 Å². The molecule has 0 saturated carbocycles. The van der Waals surface area contributed by atoms with Crippen molar-refractivity contribution in [1.29, 1.82) is 5.26 Å². The summed E-state index contributed by atoms with van der Waals surface area (Å²) in [5.74, 6) is 0. The SMILES string of the molecule is Cc1cc(CC#N)c2c(c1)CCCC2. The zero-order chi connectivity index (χ0) is 9.97. The first-order valence-electron chi connectivity index (χ1n) is 5.29. The summed E-state index contributed by atoms with van der Waals surface area (Å²) in [4.78, 5) is 0. The molecule has 0 saturated heterocycles. The highest BCUT2D eigenvalue weighted by atomic mass is 14.2. The van der Waals surface area contributed by atoms with Gasteiger partial charge in [-0.3, -0.25) is 0 Å². The van der Waals surface area contributed by atoms with E-state index in [4.69, 9.17) is 5.26 Å². The van der Waals surface area contributed by atoms with Crippen molar-refractivity contribution < 1.29 is 0 Å². The summed E-state index contributed by atoms with van der Waals surface area (Å²) >= 11 is 0. The summed E-state index contributed by atoms with van der Waals surface area (Å²) in [6.07, 6.45) is 5.54. The van der Waals surface area contributed by atoms with Crippen LogP contribution in [-0.4, -0.2) is 0 Å². The van der Waals surface area contributed by atoms with Gasteiger partial charge in [-0.2, -0.15) is 5.26 Å². The van der Waals surface area contributed by atoms with Gasteiger partial charge >= 0.3 is 0 Å². The van der Waals surface area contributed by atoms with Crippen LogP contribution in [0, 0.1) is 18.3 Å². The molecule has 1 aliphatic carbocycles. The molecule has 0 fully saturated rings. The first-order valence-corrected chi connectivity index (χ1v) is 5.29. The number of nitrogens with zero attached hydrogens (tertiary/aromatic N) is 1. The van der Waals surface area contributed by atoms with E-state index in [1.54, 1.807) is 0 Å². The highest BCUT2D eigenvalue weighted by Crippen LogP contribution is 2.26. The Bertz CT molecular complexity index is 385. The Morgan fingerprint density at radius 3 is 2.86 bits per heavy atom. The van der Waals surface area contributed by atoms with Crippen molar-refractivity contribution in [3.63, 3.8) is 0 Å². The Hall–Kier alpha value is -1.29. The molecule has 0 heterocycles. The number of rotatable bonds is 1. The normalized spacial score (nSPS) is 14.6. The Kier molecular flexibility index (Phi) is 2.54. The molecule has 0 N–H and O–H groups in total. The molecule has 1 aromatic carbocycles. The van der Waals surface area contributed by atoms with Gasteiger partial charge in [0.25, 0.3) is 0 Å². The lowest BCUT2D eigenvalue weighted by atomic mass is 9.86. The minimum absolute atomic E-state index is 0.573. The number of benzene rings is 1. The molecular weight excluding hydrogens is 170 g/mol. The van der Waals surface area contributed by atoms with Gasteiger partial charge in [-0.25, -0.2) is 0 Å². The van der Waals surface area contributed by atoms with Gasteiger partial charge in [0.15, 0.2) is 0 Å². The number of aryl methyl sites for hydroxylation is 2. The molecule has 1 heteroatoms. The Morgan fingerprint density at radius 1 is 1.29 bits per heavy atom. The van der Waals surface area contributed by atoms with Gasteiger partial charge in [-0.1, -0.05) is 17.7 Å². The molecule has 0 unspecified atom stereocenters. The van der Waals surface area contributed by atoms with Crippen molar-refractivity contribution in [1.82, 2.24) is 0 Å². The standard InChI is InChI=1S/C13H15N/c1-10-8-11-4-2-3-5-13(11)12(9-10)6-7-14/h8-9H,2-6H2,1H3. The van der Waals surface area contributed by atoms with Crippen LogP contribution < -0.4 is 0 Å². The van der Waals surface area contributed by atoms with Crippen molar-refractivity contribution in [2.45, 2.75) is 39.0 Å². The van der Waals surface area contributed by atoms with Crippen LogP contribution >= 0.6 is 0 Å². The Balaban J connectivity index is 2.48. The molecule has 0 radical (unpaired) electrons. The van der Waals surface area contributed by atoms with Gasteiger partial charge in [0, 0.05) is 0 Å². The average Bonchev–Trinajstić information content (AvgIpc) is 2.18. The van der Waals surface area contributed by atoms with Crippen molar-refractivity contribution in [3.05, 3.63) is 34.4 Å². The fourth-order valence-electron chi connectivity index (χ4n) is 2.38. The molecular formula is C13H15N. The van der Waals surface area contributed by atoms with Gasteiger partial charge in [0.2, 0.25) is 0 Å². The molecule has 0 spiro atoms. The van der Waals surface area contributed by atoms with Gasteiger partial charge in [0.1, 0.15) is 0 Å². The van der Waals surface area contributed by atoms with E-state index in [9.17, 15) is 0 Å². The van der Waals surface area contributed by atoms with Crippen LogP contribution in [0.25, 0.3) is 0 Å². The second-order valence-corrected chi connectivity index (χ2v) is 4.10. The third-order valence-electron chi connectivity index (χ3n) is 2.97. The minimum Gasteiger partial charge on any atom is -0.198 e. The van der Waals surface area contributed by atoms with Gasteiger partial charge in [-0.05, 0) is 49.3 Å². The molecule has 1 aliphatic rings. The van der Waals surface area contributed by atoms with Crippen LogP contribution in [0.2, 0.25) is 0 Å². The van der Waals surface area contributed by atoms with Crippen LogP contribution in [0.3, 0.4) is 0 Å². The number of hydrogen-bond donors (Lipinski definition) is 0. The monoisotopic (exact) mass is 185 g/mol. The lowest BCUT2D eigenvalue weighted by Crippen LogP contribution is -2.06. The molecule has 1 aromatic rings. The maximum Gasteiger partial charge on any atom is 0.0669 e. The van der Waals surface area contributed by atoms with Crippen LogP contribution in [0.5, 0.6) is 0 Å². The molecule has 72 valence electrons. The molecule has 0 aliphatic heterocycles. The van der Waals surface area contributed by atoms with Crippen LogP contribution in [-0.2, 0) is 19.3 Å². The Morgan fingerprint density at radius 2 is 2.07 bits per heavy atom. The van der Waals surface area contributed by atoms with E-state index < -0.39 is 0 Å². The molecule has 0 atom stereocenters. The first-order chi connectivity index (χ1) is 6.81. The van der Waals surface area contributed by atoms with Crippen molar-refractivity contribution in [2.24, 2.45) is 0 Å². The molecule has 0 aromatic heterocycles. The molecule has 2 rings (SSSR count). The summed E-state index contributed by atoms with van der Waals surface area (Å²) in [7, 11) is 0. The lowest BCUT2D eigenvalue weighted by Gasteiger charge is -2.19. The number of nitriles is 1. The summed E-state index contributed by atoms with van der Waals surface area (Å²) in [6, 6.07) is 6.72. The number of hydrogen-bond acceptors (Lipinski definition) is 1. The van der Waals surface area contributed by atoms with Crippen molar-refractivity contribution in [3.8, 4) is 6.07 Å². The molecule has 0 bridgehead atoms. The molecule has 1 nitrogen and oxygen atoms in total. The van der Waals surface area contributed by atoms with E-state index in [-0.39, 0.29) is 0 Å². The van der Waals surface area contributed by atoms with Gasteiger partial charge < -0.3 is 0 Å². The van der Waals surface area contributed by atoms with E-state index in [1.807, 2.05) is 0 Å². The van der Waals surface area contributed by atoms with Crippen molar-refractivity contribution >= 4 is 0 Å². The number of fused-ring (bicyclic) bond motifs is 1. The van der Waals surface area contributed by atoms with Gasteiger partial charge in [0.05, 0.1) is 12.5 Å². The zero-order valence-electron chi connectivity index (χ0n) is 8.64. The maximum atomic E-state index is 8.76. The third-order valence-corrected chi connectivity index (χ3v) is 2.97. The zero-order valence-corrected chi connectivity index (χ0v) is 8.64. The van der Waals surface area contributed by atoms with E-state index in [0.29, 0.717) is 6.42 Å². The van der Waals surface area contributed by atoms with Crippen molar-refractivity contribution in [2.75, 3.05) is 0 Å². The highest BCUT2D eigenvalue weighted by Gasteiger charge is 2.13. The molecule has 0 amide bonds. The predicted octanol–water partition coefficient (Wildman–Crippen LogP) is 2.94. The molecule has 14 heavy (non-hydrogen) atoms. The summed E-state index contributed by atoms with van der Waals surface area (Å²) < 4.78 is 0. The average molecular weight is 185 g/mol.